The van der Waals surface area contributed by atoms with Gasteiger partial charge < -0.3 is 14.8 Å². The highest BCUT2D eigenvalue weighted by molar-refractivity contribution is 6.31. The molecule has 0 heterocycles. The number of ether oxygens (including phenoxy) is 2. The molecular weight excluding hydrogens is 437 g/mol. The quantitative estimate of drug-likeness (QED) is 0.346. The molecule has 3 aromatic carbocycles. The Morgan fingerprint density at radius 2 is 1.71 bits per heavy atom. The number of hydrogen-bond acceptors (Lipinski definition) is 4. The van der Waals surface area contributed by atoms with E-state index in [0.717, 1.165) is 11.1 Å². The number of halogens is 2. The second-order valence-corrected chi connectivity index (χ2v) is 7.29. The van der Waals surface area contributed by atoms with E-state index in [2.05, 4.69) is 5.32 Å². The standard InChI is InChI=1S/C24H19Cl2NO4/c25-19-5-3-6-20(14-19)27-23(28)16-31-24(29)13-10-17-8-11-21(12-9-17)30-15-18-4-1-2-7-22(18)26/h1-14H,15-16H2,(H,27,28). The fraction of sp³-hybridized carbons (Fsp3) is 0.0833. The number of carbonyl (C=O) groups is 2. The van der Waals surface area contributed by atoms with Crippen molar-refractivity contribution in [2.75, 3.05) is 11.9 Å². The van der Waals surface area contributed by atoms with Gasteiger partial charge in [0.15, 0.2) is 6.61 Å². The molecule has 0 aliphatic heterocycles. The lowest BCUT2D eigenvalue weighted by Crippen LogP contribution is -2.20. The van der Waals surface area contributed by atoms with Crippen LogP contribution in [0.1, 0.15) is 11.1 Å². The summed E-state index contributed by atoms with van der Waals surface area (Å²) in [7, 11) is 0. The van der Waals surface area contributed by atoms with Crippen molar-refractivity contribution < 1.29 is 19.1 Å². The van der Waals surface area contributed by atoms with E-state index in [1.165, 1.54) is 6.08 Å². The Labute approximate surface area is 190 Å². The van der Waals surface area contributed by atoms with Crippen LogP contribution in [0, 0.1) is 0 Å². The van der Waals surface area contributed by atoms with Crippen LogP contribution in [-0.4, -0.2) is 18.5 Å². The lowest BCUT2D eigenvalue weighted by Gasteiger charge is -2.08. The van der Waals surface area contributed by atoms with E-state index in [-0.39, 0.29) is 0 Å². The molecule has 0 saturated heterocycles. The number of benzene rings is 3. The van der Waals surface area contributed by atoms with Crippen LogP contribution in [0.3, 0.4) is 0 Å². The van der Waals surface area contributed by atoms with Gasteiger partial charge in [-0.25, -0.2) is 4.79 Å². The van der Waals surface area contributed by atoms with E-state index in [4.69, 9.17) is 32.7 Å². The molecule has 1 amide bonds. The van der Waals surface area contributed by atoms with Crippen LogP contribution >= 0.6 is 23.2 Å². The van der Waals surface area contributed by atoms with Gasteiger partial charge >= 0.3 is 5.97 Å². The fourth-order valence-electron chi connectivity index (χ4n) is 2.56. The average molecular weight is 456 g/mol. The molecule has 0 aromatic heterocycles. The minimum Gasteiger partial charge on any atom is -0.489 e. The Balaban J connectivity index is 1.43. The molecule has 0 bridgehead atoms. The number of anilines is 1. The SMILES string of the molecule is O=C(COC(=O)C=Cc1ccc(OCc2ccccc2Cl)cc1)Nc1cccc(Cl)c1. The van der Waals surface area contributed by atoms with E-state index < -0.39 is 18.5 Å². The normalized spacial score (nSPS) is 10.6. The largest absolute Gasteiger partial charge is 0.489 e. The maximum absolute atomic E-state index is 11.8. The van der Waals surface area contributed by atoms with Crippen molar-refractivity contribution in [1.29, 1.82) is 0 Å². The Morgan fingerprint density at radius 3 is 2.45 bits per heavy atom. The second-order valence-electron chi connectivity index (χ2n) is 6.45. The first-order valence-electron chi connectivity index (χ1n) is 9.36. The first-order valence-corrected chi connectivity index (χ1v) is 10.1. The van der Waals surface area contributed by atoms with E-state index >= 15 is 0 Å². The highest BCUT2D eigenvalue weighted by Gasteiger charge is 2.06. The molecule has 0 spiro atoms. The van der Waals surface area contributed by atoms with E-state index in [0.29, 0.717) is 28.1 Å². The predicted octanol–water partition coefficient (Wildman–Crippen LogP) is 5.77. The lowest BCUT2D eigenvalue weighted by atomic mass is 10.2. The van der Waals surface area contributed by atoms with Gasteiger partial charge in [0.25, 0.3) is 5.91 Å². The summed E-state index contributed by atoms with van der Waals surface area (Å²) in [6.07, 6.45) is 2.85. The minimum atomic E-state index is -0.625. The van der Waals surface area contributed by atoms with Gasteiger partial charge in [-0.05, 0) is 48.0 Å². The zero-order chi connectivity index (χ0) is 22.1. The molecular formula is C24H19Cl2NO4. The number of amides is 1. The van der Waals surface area contributed by atoms with Gasteiger partial charge in [-0.2, -0.15) is 0 Å². The molecule has 31 heavy (non-hydrogen) atoms. The maximum Gasteiger partial charge on any atom is 0.331 e. The number of carbonyl (C=O) groups excluding carboxylic acids is 2. The topological polar surface area (TPSA) is 64.6 Å². The van der Waals surface area contributed by atoms with Gasteiger partial charge in [0.2, 0.25) is 0 Å². The van der Waals surface area contributed by atoms with Crippen molar-refractivity contribution in [1.82, 2.24) is 0 Å². The molecule has 5 nitrogen and oxygen atoms in total. The monoisotopic (exact) mass is 455 g/mol. The van der Waals surface area contributed by atoms with Crippen LogP contribution in [0.25, 0.3) is 6.08 Å². The first kappa shape index (κ1) is 22.4. The van der Waals surface area contributed by atoms with Gasteiger partial charge in [0.05, 0.1) is 0 Å². The van der Waals surface area contributed by atoms with Crippen molar-refractivity contribution in [2.45, 2.75) is 6.61 Å². The smallest absolute Gasteiger partial charge is 0.331 e. The summed E-state index contributed by atoms with van der Waals surface area (Å²) in [5, 5.41) is 3.75. The third kappa shape index (κ3) is 7.48. The Morgan fingerprint density at radius 1 is 0.935 bits per heavy atom. The molecule has 0 aliphatic carbocycles. The number of nitrogens with one attached hydrogen (secondary N) is 1. The summed E-state index contributed by atoms with van der Waals surface area (Å²) in [4.78, 5) is 23.7. The molecule has 3 aromatic rings. The van der Waals surface area contributed by atoms with Gasteiger partial charge in [0.1, 0.15) is 12.4 Å². The zero-order valence-electron chi connectivity index (χ0n) is 16.4. The number of hydrogen-bond donors (Lipinski definition) is 1. The van der Waals surface area contributed by atoms with Gasteiger partial charge in [-0.15, -0.1) is 0 Å². The first-order chi connectivity index (χ1) is 15.0. The Kier molecular flexibility index (Phi) is 8.10. The van der Waals surface area contributed by atoms with Crippen LogP contribution in [0.2, 0.25) is 10.0 Å². The van der Waals surface area contributed by atoms with Crippen LogP contribution in [0.15, 0.2) is 78.9 Å². The van der Waals surface area contributed by atoms with Gasteiger partial charge in [0, 0.05) is 27.4 Å². The van der Waals surface area contributed by atoms with E-state index in [1.54, 1.807) is 54.6 Å². The summed E-state index contributed by atoms with van der Waals surface area (Å²) in [5.41, 5.74) is 2.21. The van der Waals surface area contributed by atoms with Crippen LogP contribution < -0.4 is 10.1 Å². The van der Waals surface area contributed by atoms with E-state index in [9.17, 15) is 9.59 Å². The van der Waals surface area contributed by atoms with Crippen molar-refractivity contribution in [2.24, 2.45) is 0 Å². The molecule has 1 N–H and O–H groups in total. The third-order valence-electron chi connectivity index (χ3n) is 4.10. The van der Waals surface area contributed by atoms with Crippen molar-refractivity contribution >= 4 is 46.8 Å². The summed E-state index contributed by atoms with van der Waals surface area (Å²) < 4.78 is 10.7. The average Bonchev–Trinajstić information content (AvgIpc) is 2.76. The zero-order valence-corrected chi connectivity index (χ0v) is 17.9. The van der Waals surface area contributed by atoms with Crippen LogP contribution in [0.4, 0.5) is 5.69 Å². The van der Waals surface area contributed by atoms with Crippen molar-refractivity contribution in [3.05, 3.63) is 100 Å². The number of rotatable bonds is 8. The van der Waals surface area contributed by atoms with Crippen LogP contribution in [-0.2, 0) is 20.9 Å². The minimum absolute atomic E-state index is 0.360. The lowest BCUT2D eigenvalue weighted by molar-refractivity contribution is -0.142. The number of esters is 1. The molecule has 0 saturated carbocycles. The summed E-state index contributed by atoms with van der Waals surface area (Å²) >= 11 is 12.0. The summed E-state index contributed by atoms with van der Waals surface area (Å²) in [6.45, 7) is -0.0387. The van der Waals surface area contributed by atoms with Crippen molar-refractivity contribution in [3.63, 3.8) is 0 Å². The third-order valence-corrected chi connectivity index (χ3v) is 4.70. The molecule has 0 atom stereocenters. The summed E-state index contributed by atoms with van der Waals surface area (Å²) in [5.74, 6) is -0.401. The molecule has 0 fully saturated rings. The predicted molar refractivity (Wildman–Crippen MR) is 122 cm³/mol. The Bertz CT molecular complexity index is 1080. The maximum atomic E-state index is 11.8. The molecule has 158 valence electrons. The molecule has 0 radical (unpaired) electrons. The Hall–Kier alpha value is -3.28. The molecule has 7 heteroatoms. The molecule has 0 unspecified atom stereocenters. The van der Waals surface area contributed by atoms with Crippen LogP contribution in [0.5, 0.6) is 5.75 Å². The molecule has 3 rings (SSSR count). The van der Waals surface area contributed by atoms with Crippen molar-refractivity contribution in [3.8, 4) is 5.75 Å². The molecule has 0 aliphatic rings. The van der Waals surface area contributed by atoms with E-state index in [1.807, 2.05) is 24.3 Å². The van der Waals surface area contributed by atoms with Gasteiger partial charge in [-0.1, -0.05) is 59.6 Å². The highest BCUT2D eigenvalue weighted by Crippen LogP contribution is 2.19. The van der Waals surface area contributed by atoms with Gasteiger partial charge in [-0.3, -0.25) is 4.79 Å². The summed E-state index contributed by atoms with van der Waals surface area (Å²) in [6, 6.07) is 21.4. The second kappa shape index (κ2) is 11.2. The highest BCUT2D eigenvalue weighted by atomic mass is 35.5. The fourth-order valence-corrected chi connectivity index (χ4v) is 2.94.